The van der Waals surface area contributed by atoms with Crippen molar-refractivity contribution < 1.29 is 0 Å². The number of hydrogen-bond acceptors (Lipinski definition) is 3. The number of aromatic nitrogens is 1. The molecule has 104 valence electrons. The molecule has 3 N–H and O–H groups in total. The third-order valence-electron chi connectivity index (χ3n) is 3.40. The molecule has 1 heterocycles. The van der Waals surface area contributed by atoms with E-state index in [9.17, 15) is 0 Å². The molecular formula is C17H15N3S. The van der Waals surface area contributed by atoms with Crippen LogP contribution in [0.2, 0.25) is 0 Å². The Hall–Kier alpha value is -2.46. The van der Waals surface area contributed by atoms with E-state index in [4.69, 9.17) is 18.0 Å². The van der Waals surface area contributed by atoms with E-state index in [-0.39, 0.29) is 0 Å². The smallest absolute Gasteiger partial charge is 0.104 e. The Labute approximate surface area is 128 Å². The first-order valence-corrected chi connectivity index (χ1v) is 7.11. The van der Waals surface area contributed by atoms with E-state index in [0.29, 0.717) is 4.99 Å². The van der Waals surface area contributed by atoms with Crippen LogP contribution < -0.4 is 11.1 Å². The fourth-order valence-electron chi connectivity index (χ4n) is 2.37. The van der Waals surface area contributed by atoms with Crippen molar-refractivity contribution in [2.75, 3.05) is 5.32 Å². The van der Waals surface area contributed by atoms with Crippen LogP contribution in [0.15, 0.2) is 60.9 Å². The van der Waals surface area contributed by atoms with Gasteiger partial charge in [0.05, 0.1) is 0 Å². The summed E-state index contributed by atoms with van der Waals surface area (Å²) in [5.74, 6) is 0. The van der Waals surface area contributed by atoms with Gasteiger partial charge in [-0.15, -0.1) is 0 Å². The van der Waals surface area contributed by atoms with Gasteiger partial charge in [0.2, 0.25) is 0 Å². The number of thiocarbonyl (C=S) groups is 1. The van der Waals surface area contributed by atoms with E-state index in [1.54, 1.807) is 6.20 Å². The number of pyridine rings is 1. The molecular weight excluding hydrogens is 278 g/mol. The Kier molecular flexibility index (Phi) is 3.79. The van der Waals surface area contributed by atoms with Crippen LogP contribution in [0.3, 0.4) is 0 Å². The van der Waals surface area contributed by atoms with Crippen molar-refractivity contribution in [2.45, 2.75) is 6.54 Å². The number of anilines is 1. The summed E-state index contributed by atoms with van der Waals surface area (Å²) in [6.45, 7) is 0.726. The van der Waals surface area contributed by atoms with Crippen LogP contribution in [-0.4, -0.2) is 9.97 Å². The number of benzene rings is 2. The monoisotopic (exact) mass is 293 g/mol. The van der Waals surface area contributed by atoms with Crippen molar-refractivity contribution in [1.29, 1.82) is 0 Å². The van der Waals surface area contributed by atoms with Gasteiger partial charge in [-0.25, -0.2) is 0 Å². The molecule has 4 heteroatoms. The van der Waals surface area contributed by atoms with Gasteiger partial charge in [-0.1, -0.05) is 42.5 Å². The number of nitrogens with one attached hydrogen (secondary N) is 1. The second kappa shape index (κ2) is 5.89. The molecule has 3 aromatic rings. The van der Waals surface area contributed by atoms with E-state index >= 15 is 0 Å². The largest absolute Gasteiger partial charge is 0.389 e. The predicted octanol–water partition coefficient (Wildman–Crippen LogP) is 3.48. The average molecular weight is 293 g/mol. The summed E-state index contributed by atoms with van der Waals surface area (Å²) >= 11 is 5.12. The molecule has 0 aliphatic heterocycles. The van der Waals surface area contributed by atoms with Crippen LogP contribution in [0.4, 0.5) is 5.69 Å². The second-order valence-corrected chi connectivity index (χ2v) is 5.23. The zero-order valence-electron chi connectivity index (χ0n) is 11.4. The number of nitrogens with zero attached hydrogens (tertiary/aromatic N) is 1. The van der Waals surface area contributed by atoms with Crippen molar-refractivity contribution in [3.8, 4) is 0 Å². The van der Waals surface area contributed by atoms with Crippen molar-refractivity contribution >= 4 is 33.7 Å². The lowest BCUT2D eigenvalue weighted by Crippen LogP contribution is -2.10. The topological polar surface area (TPSA) is 50.9 Å². The molecule has 0 atom stereocenters. The SMILES string of the molecule is NC(=S)c1ccc(NCc2cccnc2)c2ccccc12. The Morgan fingerprint density at radius 1 is 1.05 bits per heavy atom. The first-order chi connectivity index (χ1) is 10.3. The lowest BCUT2D eigenvalue weighted by Gasteiger charge is -2.12. The highest BCUT2D eigenvalue weighted by Gasteiger charge is 2.07. The molecule has 3 nitrogen and oxygen atoms in total. The average Bonchev–Trinajstić information content (AvgIpc) is 2.53. The van der Waals surface area contributed by atoms with Gasteiger partial charge in [0.25, 0.3) is 0 Å². The fourth-order valence-corrected chi connectivity index (χ4v) is 2.55. The normalized spacial score (nSPS) is 10.5. The third kappa shape index (κ3) is 2.85. The maximum Gasteiger partial charge on any atom is 0.104 e. The molecule has 21 heavy (non-hydrogen) atoms. The van der Waals surface area contributed by atoms with Crippen molar-refractivity contribution in [3.05, 3.63) is 72.1 Å². The van der Waals surface area contributed by atoms with Crippen LogP contribution in [-0.2, 0) is 6.54 Å². The van der Waals surface area contributed by atoms with Gasteiger partial charge in [0, 0.05) is 35.6 Å². The zero-order chi connectivity index (χ0) is 14.7. The quantitative estimate of drug-likeness (QED) is 0.723. The van der Waals surface area contributed by atoms with Gasteiger partial charge >= 0.3 is 0 Å². The fraction of sp³-hybridized carbons (Fsp3) is 0.0588. The minimum Gasteiger partial charge on any atom is -0.389 e. The van der Waals surface area contributed by atoms with Crippen LogP contribution in [0.1, 0.15) is 11.1 Å². The molecule has 0 bridgehead atoms. The molecule has 0 saturated carbocycles. The van der Waals surface area contributed by atoms with Crippen LogP contribution >= 0.6 is 12.2 Å². The summed E-state index contributed by atoms with van der Waals surface area (Å²) in [6, 6.07) is 16.1. The lowest BCUT2D eigenvalue weighted by atomic mass is 10.0. The zero-order valence-corrected chi connectivity index (χ0v) is 12.2. The van der Waals surface area contributed by atoms with E-state index in [0.717, 1.165) is 34.1 Å². The summed E-state index contributed by atoms with van der Waals surface area (Å²) in [5.41, 5.74) is 8.91. The van der Waals surface area contributed by atoms with E-state index in [1.807, 2.05) is 48.7 Å². The first-order valence-electron chi connectivity index (χ1n) is 6.70. The summed E-state index contributed by atoms with van der Waals surface area (Å²) in [6.07, 6.45) is 3.63. The minimum atomic E-state index is 0.421. The summed E-state index contributed by atoms with van der Waals surface area (Å²) in [4.78, 5) is 4.54. The Morgan fingerprint density at radius 2 is 1.86 bits per heavy atom. The lowest BCUT2D eigenvalue weighted by molar-refractivity contribution is 1.12. The van der Waals surface area contributed by atoms with Crippen LogP contribution in [0.5, 0.6) is 0 Å². The van der Waals surface area contributed by atoms with Gasteiger partial charge in [0.1, 0.15) is 4.99 Å². The molecule has 0 amide bonds. The van der Waals surface area contributed by atoms with E-state index in [1.165, 1.54) is 0 Å². The second-order valence-electron chi connectivity index (χ2n) is 4.79. The molecule has 1 aromatic heterocycles. The third-order valence-corrected chi connectivity index (χ3v) is 3.62. The van der Waals surface area contributed by atoms with Gasteiger partial charge < -0.3 is 11.1 Å². The van der Waals surface area contributed by atoms with Gasteiger partial charge in [0.15, 0.2) is 0 Å². The van der Waals surface area contributed by atoms with E-state index < -0.39 is 0 Å². The molecule has 0 aliphatic rings. The summed E-state index contributed by atoms with van der Waals surface area (Å²) < 4.78 is 0. The van der Waals surface area contributed by atoms with Crippen LogP contribution in [0.25, 0.3) is 10.8 Å². The van der Waals surface area contributed by atoms with Gasteiger partial charge in [-0.2, -0.15) is 0 Å². The minimum absolute atomic E-state index is 0.421. The standard InChI is InChI=1S/C17H15N3S/c18-17(21)15-7-8-16(14-6-2-1-5-13(14)15)20-11-12-4-3-9-19-10-12/h1-10,20H,11H2,(H2,18,21). The molecule has 0 spiro atoms. The Morgan fingerprint density at radius 3 is 2.57 bits per heavy atom. The molecule has 0 radical (unpaired) electrons. The molecule has 3 rings (SSSR count). The van der Waals surface area contributed by atoms with Gasteiger partial charge in [-0.3, -0.25) is 4.98 Å². The molecule has 0 fully saturated rings. The first kappa shape index (κ1) is 13.5. The molecule has 0 saturated heterocycles. The van der Waals surface area contributed by atoms with Crippen molar-refractivity contribution in [2.24, 2.45) is 5.73 Å². The van der Waals surface area contributed by atoms with Crippen molar-refractivity contribution in [3.63, 3.8) is 0 Å². The Bertz CT molecular complexity index is 784. The molecule has 0 aliphatic carbocycles. The predicted molar refractivity (Wildman–Crippen MR) is 91.4 cm³/mol. The maximum atomic E-state index is 5.80. The number of fused-ring (bicyclic) bond motifs is 1. The number of hydrogen-bond donors (Lipinski definition) is 2. The molecule has 0 unspecified atom stereocenters. The highest BCUT2D eigenvalue weighted by Crippen LogP contribution is 2.27. The highest BCUT2D eigenvalue weighted by molar-refractivity contribution is 7.80. The summed E-state index contributed by atoms with van der Waals surface area (Å²) in [5, 5.41) is 5.63. The molecule has 2 aromatic carbocycles. The maximum absolute atomic E-state index is 5.80. The van der Waals surface area contributed by atoms with Gasteiger partial charge in [-0.05, 0) is 29.1 Å². The Balaban J connectivity index is 1.96. The van der Waals surface area contributed by atoms with Crippen molar-refractivity contribution in [1.82, 2.24) is 4.98 Å². The summed E-state index contributed by atoms with van der Waals surface area (Å²) in [7, 11) is 0. The van der Waals surface area contributed by atoms with Crippen LogP contribution in [0, 0.1) is 0 Å². The number of rotatable bonds is 4. The highest BCUT2D eigenvalue weighted by atomic mass is 32.1. The van der Waals surface area contributed by atoms with E-state index in [2.05, 4.69) is 16.4 Å². The number of nitrogens with two attached hydrogens (primary N) is 1.